The van der Waals surface area contributed by atoms with Crippen molar-refractivity contribution in [3.63, 3.8) is 0 Å². The van der Waals surface area contributed by atoms with Crippen molar-refractivity contribution in [1.82, 2.24) is 19.5 Å². The van der Waals surface area contributed by atoms with E-state index < -0.39 is 30.6 Å². The van der Waals surface area contributed by atoms with E-state index in [1.165, 1.54) is 17.8 Å². The van der Waals surface area contributed by atoms with Crippen LogP contribution in [0.4, 0.5) is 11.8 Å². The highest BCUT2D eigenvalue weighted by molar-refractivity contribution is 5.84. The number of rotatable bonds is 4. The number of nitrogens with zero attached hydrogens (tertiary/aromatic N) is 4. The Morgan fingerprint density at radius 2 is 2.21 bits per heavy atom. The van der Waals surface area contributed by atoms with E-state index in [0.29, 0.717) is 23.0 Å². The second-order valence-electron chi connectivity index (χ2n) is 6.55. The molecule has 0 bridgehead atoms. The molecule has 6 N–H and O–H groups in total. The number of aliphatic hydroxyl groups is 3. The molecule has 0 amide bonds. The number of ether oxygens (including phenoxy) is 1. The maximum absolute atomic E-state index is 10.6. The molecule has 130 valence electrons. The number of hydrogen-bond donors (Lipinski definition) is 5. The molecule has 4 rings (SSSR count). The first-order valence-corrected chi connectivity index (χ1v) is 7.85. The second kappa shape index (κ2) is 5.24. The van der Waals surface area contributed by atoms with Crippen LogP contribution in [0.25, 0.3) is 11.2 Å². The van der Waals surface area contributed by atoms with Crippen LogP contribution in [-0.2, 0) is 4.74 Å². The van der Waals surface area contributed by atoms with Crippen LogP contribution in [0.1, 0.15) is 26.0 Å². The average molecular weight is 336 g/mol. The highest BCUT2D eigenvalue weighted by Gasteiger charge is 2.53. The third kappa shape index (κ3) is 2.30. The number of nitrogen functional groups attached to an aromatic ring is 1. The molecule has 0 aromatic carbocycles. The van der Waals surface area contributed by atoms with Gasteiger partial charge in [0, 0.05) is 6.04 Å². The number of aliphatic hydroxyl groups excluding tert-OH is 2. The molecule has 0 radical (unpaired) electrons. The molecular formula is C14H20N6O4. The minimum Gasteiger partial charge on any atom is -0.394 e. The molecule has 0 unspecified atom stereocenters. The van der Waals surface area contributed by atoms with Crippen molar-refractivity contribution < 1.29 is 20.1 Å². The normalized spacial score (nSPS) is 33.2. The molecule has 10 heteroatoms. The lowest BCUT2D eigenvalue weighted by Gasteiger charge is -2.27. The lowest BCUT2D eigenvalue weighted by molar-refractivity contribution is -0.0950. The van der Waals surface area contributed by atoms with Gasteiger partial charge in [-0.15, -0.1) is 0 Å². The summed E-state index contributed by atoms with van der Waals surface area (Å²) < 4.78 is 7.12. The van der Waals surface area contributed by atoms with E-state index >= 15 is 0 Å². The lowest BCUT2D eigenvalue weighted by Crippen LogP contribution is -2.44. The van der Waals surface area contributed by atoms with Crippen LogP contribution >= 0.6 is 0 Å². The van der Waals surface area contributed by atoms with Gasteiger partial charge < -0.3 is 31.1 Å². The third-order valence-electron chi connectivity index (χ3n) is 4.54. The van der Waals surface area contributed by atoms with Gasteiger partial charge in [-0.2, -0.15) is 9.97 Å². The number of imidazole rings is 1. The fraction of sp³-hybridized carbons (Fsp3) is 0.643. The Hall–Kier alpha value is -2.01. The Balaban J connectivity index is 1.78. The first-order valence-electron chi connectivity index (χ1n) is 7.85. The van der Waals surface area contributed by atoms with Gasteiger partial charge in [-0.25, -0.2) is 4.98 Å². The molecule has 2 aliphatic rings. The molecule has 24 heavy (non-hydrogen) atoms. The molecule has 1 aliphatic carbocycles. The van der Waals surface area contributed by atoms with Crippen molar-refractivity contribution >= 4 is 22.9 Å². The molecule has 0 spiro atoms. The molecule has 1 aliphatic heterocycles. The van der Waals surface area contributed by atoms with Gasteiger partial charge in [-0.05, 0) is 19.8 Å². The Kier molecular flexibility index (Phi) is 3.39. The Morgan fingerprint density at radius 3 is 2.83 bits per heavy atom. The van der Waals surface area contributed by atoms with Crippen molar-refractivity contribution in [2.45, 2.75) is 49.8 Å². The quantitative estimate of drug-likeness (QED) is 0.472. The van der Waals surface area contributed by atoms with Crippen molar-refractivity contribution in [2.24, 2.45) is 0 Å². The van der Waals surface area contributed by atoms with Crippen LogP contribution in [0.3, 0.4) is 0 Å². The monoisotopic (exact) mass is 336 g/mol. The van der Waals surface area contributed by atoms with E-state index in [1.54, 1.807) is 0 Å². The first kappa shape index (κ1) is 15.5. The van der Waals surface area contributed by atoms with Gasteiger partial charge in [0.1, 0.15) is 17.8 Å². The molecule has 10 nitrogen and oxygen atoms in total. The van der Waals surface area contributed by atoms with E-state index in [2.05, 4.69) is 20.3 Å². The first-order chi connectivity index (χ1) is 11.4. The number of anilines is 2. The third-order valence-corrected chi connectivity index (χ3v) is 4.54. The van der Waals surface area contributed by atoms with E-state index in [1.807, 2.05) is 0 Å². The molecule has 2 aromatic heterocycles. The van der Waals surface area contributed by atoms with Crippen molar-refractivity contribution in [1.29, 1.82) is 0 Å². The molecular weight excluding hydrogens is 316 g/mol. The summed E-state index contributed by atoms with van der Waals surface area (Å²) in [7, 11) is 0. The zero-order valence-electron chi connectivity index (χ0n) is 13.1. The van der Waals surface area contributed by atoms with Crippen molar-refractivity contribution in [3.05, 3.63) is 6.33 Å². The van der Waals surface area contributed by atoms with Gasteiger partial charge in [-0.1, -0.05) is 0 Å². The van der Waals surface area contributed by atoms with E-state index in [9.17, 15) is 15.3 Å². The summed E-state index contributed by atoms with van der Waals surface area (Å²) >= 11 is 0. The Labute approximate surface area is 137 Å². The fourth-order valence-corrected chi connectivity index (χ4v) is 3.02. The van der Waals surface area contributed by atoms with Gasteiger partial charge in [0.25, 0.3) is 0 Å². The number of aromatic nitrogens is 4. The van der Waals surface area contributed by atoms with Crippen LogP contribution in [0.15, 0.2) is 6.33 Å². The zero-order chi connectivity index (χ0) is 17.1. The largest absolute Gasteiger partial charge is 0.394 e. The van der Waals surface area contributed by atoms with Gasteiger partial charge in [0.2, 0.25) is 5.95 Å². The summed E-state index contributed by atoms with van der Waals surface area (Å²) in [6.07, 6.45) is 0.493. The molecule has 2 fully saturated rings. The van der Waals surface area contributed by atoms with Gasteiger partial charge in [0.05, 0.1) is 12.9 Å². The van der Waals surface area contributed by atoms with E-state index in [0.717, 1.165) is 12.8 Å². The average Bonchev–Trinajstić information content (AvgIpc) is 3.20. The minimum absolute atomic E-state index is 0.0734. The smallest absolute Gasteiger partial charge is 0.224 e. The topological polar surface area (TPSA) is 152 Å². The summed E-state index contributed by atoms with van der Waals surface area (Å²) in [5.74, 6) is 0.611. The van der Waals surface area contributed by atoms with E-state index in [-0.39, 0.29) is 5.95 Å². The van der Waals surface area contributed by atoms with Crippen LogP contribution in [0, 0.1) is 0 Å². The Bertz CT molecular complexity index is 774. The lowest BCUT2D eigenvalue weighted by atomic mass is 9.96. The second-order valence-corrected chi connectivity index (χ2v) is 6.55. The summed E-state index contributed by atoms with van der Waals surface area (Å²) in [5.41, 5.74) is 5.08. The standard InChI is InChI=1S/C14H20N6O4/c1-14(23)9(22)7(4-21)24-12(14)20-5-16-8-10(17-6-2-3-6)18-13(15)19-11(8)20/h5-7,9,12,21-23H,2-4H2,1H3,(H3,15,17,18,19)/t7-,9-,12-,14-/m1/s1. The summed E-state index contributed by atoms with van der Waals surface area (Å²) in [4.78, 5) is 12.7. The maximum atomic E-state index is 10.6. The highest BCUT2D eigenvalue weighted by Crippen LogP contribution is 2.40. The minimum atomic E-state index is -1.62. The van der Waals surface area contributed by atoms with Crippen molar-refractivity contribution in [3.8, 4) is 0 Å². The van der Waals surface area contributed by atoms with Crippen LogP contribution in [-0.4, -0.2) is 65.3 Å². The van der Waals surface area contributed by atoms with Gasteiger partial charge in [0.15, 0.2) is 23.2 Å². The summed E-state index contributed by atoms with van der Waals surface area (Å²) in [6, 6.07) is 0.360. The summed E-state index contributed by atoms with van der Waals surface area (Å²) in [5, 5.41) is 33.3. The molecule has 3 heterocycles. The summed E-state index contributed by atoms with van der Waals surface area (Å²) in [6.45, 7) is 1.03. The Morgan fingerprint density at radius 1 is 1.46 bits per heavy atom. The van der Waals surface area contributed by atoms with Gasteiger partial charge in [-0.3, -0.25) is 4.57 Å². The van der Waals surface area contributed by atoms with Crippen LogP contribution < -0.4 is 11.1 Å². The van der Waals surface area contributed by atoms with Gasteiger partial charge >= 0.3 is 0 Å². The highest BCUT2D eigenvalue weighted by atomic mass is 16.6. The van der Waals surface area contributed by atoms with Crippen LogP contribution in [0.2, 0.25) is 0 Å². The molecule has 1 saturated carbocycles. The predicted octanol–water partition coefficient (Wildman–Crippen LogP) is -1.02. The maximum Gasteiger partial charge on any atom is 0.224 e. The SMILES string of the molecule is C[C@@]1(O)[C@H](O)[C@@H](CO)O[C@H]1n1cnc2c(NC3CC3)nc(N)nc21. The van der Waals surface area contributed by atoms with Crippen molar-refractivity contribution in [2.75, 3.05) is 17.7 Å². The van der Waals surface area contributed by atoms with E-state index in [4.69, 9.17) is 10.5 Å². The molecule has 1 saturated heterocycles. The van der Waals surface area contributed by atoms with Crippen LogP contribution in [0.5, 0.6) is 0 Å². The fourth-order valence-electron chi connectivity index (χ4n) is 3.02. The predicted molar refractivity (Wildman–Crippen MR) is 84.0 cm³/mol. The zero-order valence-corrected chi connectivity index (χ0v) is 13.1. The molecule has 4 atom stereocenters. The number of nitrogens with two attached hydrogens (primary N) is 1. The molecule has 2 aromatic rings. The number of hydrogen-bond acceptors (Lipinski definition) is 9. The number of fused-ring (bicyclic) bond motifs is 1. The number of nitrogens with one attached hydrogen (secondary N) is 1.